The summed E-state index contributed by atoms with van der Waals surface area (Å²) in [5.41, 5.74) is 1.35. The number of piperidine rings is 1. The van der Waals surface area contributed by atoms with Gasteiger partial charge in [-0.1, -0.05) is 19.6 Å². The number of aryl methyl sites for hydroxylation is 1. The standard InChI is InChI=1S/C21H31N3O3.CH4/c1-14-8-6-9-15(12-14)23(5)19(25)18-13-16-17(10-7-11-22-16)24(18)20(26)27-21(2,3)4;/h6,8-9,12,16-18,22H,7,10-11,13H2,1-5H3;1H4. The number of hydrogen-bond donors (Lipinski definition) is 1. The third kappa shape index (κ3) is 4.66. The average Bonchev–Trinajstić information content (AvgIpc) is 2.98. The Morgan fingerprint density at radius 3 is 2.64 bits per heavy atom. The second-order valence-corrected chi connectivity index (χ2v) is 8.65. The average molecular weight is 390 g/mol. The highest BCUT2D eigenvalue weighted by atomic mass is 16.6. The quantitative estimate of drug-likeness (QED) is 0.837. The highest BCUT2D eigenvalue weighted by molar-refractivity contribution is 5.98. The van der Waals surface area contributed by atoms with Crippen LogP contribution in [0.3, 0.4) is 0 Å². The maximum absolute atomic E-state index is 13.3. The summed E-state index contributed by atoms with van der Waals surface area (Å²) in [5.74, 6) is -0.0670. The number of carbonyl (C=O) groups excluding carboxylic acids is 2. The largest absolute Gasteiger partial charge is 0.444 e. The predicted octanol–water partition coefficient (Wildman–Crippen LogP) is 3.72. The Bertz CT molecular complexity index is 713. The molecule has 1 aromatic carbocycles. The molecule has 2 saturated heterocycles. The summed E-state index contributed by atoms with van der Waals surface area (Å²) in [6.07, 6.45) is 2.12. The van der Waals surface area contributed by atoms with E-state index in [1.54, 1.807) is 16.8 Å². The Morgan fingerprint density at radius 2 is 2.00 bits per heavy atom. The summed E-state index contributed by atoms with van der Waals surface area (Å²) in [6.45, 7) is 8.49. The van der Waals surface area contributed by atoms with Gasteiger partial charge in [0.15, 0.2) is 0 Å². The van der Waals surface area contributed by atoms with E-state index < -0.39 is 17.7 Å². The van der Waals surface area contributed by atoms with E-state index in [1.807, 2.05) is 52.0 Å². The molecule has 0 radical (unpaired) electrons. The summed E-state index contributed by atoms with van der Waals surface area (Å²) < 4.78 is 5.64. The van der Waals surface area contributed by atoms with E-state index >= 15 is 0 Å². The highest BCUT2D eigenvalue weighted by Gasteiger charge is 2.49. The number of rotatable bonds is 2. The van der Waals surface area contributed by atoms with Crippen molar-refractivity contribution in [3.05, 3.63) is 29.8 Å². The maximum Gasteiger partial charge on any atom is 0.411 e. The van der Waals surface area contributed by atoms with E-state index in [4.69, 9.17) is 4.74 Å². The number of benzene rings is 1. The van der Waals surface area contributed by atoms with Crippen molar-refractivity contribution in [1.82, 2.24) is 10.2 Å². The van der Waals surface area contributed by atoms with Gasteiger partial charge < -0.3 is 15.0 Å². The topological polar surface area (TPSA) is 61.9 Å². The molecule has 6 heteroatoms. The second-order valence-electron chi connectivity index (χ2n) is 8.65. The van der Waals surface area contributed by atoms with Crippen molar-refractivity contribution in [3.8, 4) is 0 Å². The number of likely N-dealkylation sites (tertiary alicyclic amines) is 1. The first-order valence-corrected chi connectivity index (χ1v) is 9.76. The third-order valence-corrected chi connectivity index (χ3v) is 5.33. The minimum atomic E-state index is -0.590. The van der Waals surface area contributed by atoms with Crippen LogP contribution in [0.25, 0.3) is 0 Å². The lowest BCUT2D eigenvalue weighted by atomic mass is 9.99. The Labute approximate surface area is 169 Å². The molecule has 0 aromatic heterocycles. The molecule has 3 rings (SSSR count). The SMILES string of the molecule is C.Cc1cccc(N(C)C(=O)C2CC3NCCCC3N2C(=O)OC(C)(C)C)c1. The normalized spacial score (nSPS) is 24.2. The van der Waals surface area contributed by atoms with Crippen LogP contribution in [0.5, 0.6) is 0 Å². The Balaban J connectivity index is 0.00000280. The Hall–Kier alpha value is -2.08. The van der Waals surface area contributed by atoms with Crippen LogP contribution >= 0.6 is 0 Å². The van der Waals surface area contributed by atoms with E-state index in [9.17, 15) is 9.59 Å². The zero-order valence-corrected chi connectivity index (χ0v) is 17.0. The van der Waals surface area contributed by atoms with Crippen LogP contribution in [0.4, 0.5) is 10.5 Å². The molecule has 2 heterocycles. The molecule has 3 unspecified atom stereocenters. The Kier molecular flexibility index (Phi) is 6.75. The molecule has 1 aromatic rings. The van der Waals surface area contributed by atoms with Crippen LogP contribution in [-0.2, 0) is 9.53 Å². The van der Waals surface area contributed by atoms with Gasteiger partial charge in [-0.25, -0.2) is 4.79 Å². The molecule has 156 valence electrons. The molecule has 0 bridgehead atoms. The highest BCUT2D eigenvalue weighted by Crippen LogP contribution is 2.33. The van der Waals surface area contributed by atoms with E-state index in [2.05, 4.69) is 5.32 Å². The number of carbonyl (C=O) groups is 2. The summed E-state index contributed by atoms with van der Waals surface area (Å²) in [6, 6.07) is 7.49. The van der Waals surface area contributed by atoms with Crippen LogP contribution in [0.15, 0.2) is 24.3 Å². The molecule has 0 spiro atoms. The van der Waals surface area contributed by atoms with Gasteiger partial charge in [0.05, 0.1) is 6.04 Å². The second kappa shape index (κ2) is 8.52. The number of ether oxygens (including phenoxy) is 1. The van der Waals surface area contributed by atoms with Crippen LogP contribution in [-0.4, -0.2) is 54.2 Å². The summed E-state index contributed by atoms with van der Waals surface area (Å²) in [7, 11) is 1.78. The van der Waals surface area contributed by atoms with Gasteiger partial charge in [-0.3, -0.25) is 9.69 Å². The lowest BCUT2D eigenvalue weighted by molar-refractivity contribution is -0.123. The summed E-state index contributed by atoms with van der Waals surface area (Å²) in [4.78, 5) is 29.6. The fraction of sp³-hybridized carbons (Fsp3) is 0.636. The molecule has 6 nitrogen and oxygen atoms in total. The summed E-state index contributed by atoms with van der Waals surface area (Å²) >= 11 is 0. The molecule has 2 fully saturated rings. The van der Waals surface area contributed by atoms with Crippen molar-refractivity contribution in [1.29, 1.82) is 0 Å². The van der Waals surface area contributed by atoms with Gasteiger partial charge in [0.2, 0.25) is 5.91 Å². The molecular weight excluding hydrogens is 354 g/mol. The van der Waals surface area contributed by atoms with E-state index in [-0.39, 0.29) is 25.4 Å². The first-order chi connectivity index (χ1) is 12.7. The Morgan fingerprint density at radius 1 is 1.29 bits per heavy atom. The smallest absolute Gasteiger partial charge is 0.411 e. The van der Waals surface area contributed by atoms with Crippen molar-refractivity contribution >= 4 is 17.7 Å². The maximum atomic E-state index is 13.3. The molecule has 0 saturated carbocycles. The summed E-state index contributed by atoms with van der Waals surface area (Å²) in [5, 5.41) is 3.48. The lowest BCUT2D eigenvalue weighted by Gasteiger charge is -2.35. The predicted molar refractivity (Wildman–Crippen MR) is 113 cm³/mol. The molecule has 1 N–H and O–H groups in total. The van der Waals surface area contributed by atoms with Gasteiger partial charge in [-0.15, -0.1) is 0 Å². The number of anilines is 1. The number of fused-ring (bicyclic) bond motifs is 1. The van der Waals surface area contributed by atoms with Gasteiger partial charge in [0, 0.05) is 18.8 Å². The zero-order valence-electron chi connectivity index (χ0n) is 17.0. The molecule has 2 aliphatic rings. The zero-order chi connectivity index (χ0) is 19.8. The van der Waals surface area contributed by atoms with Crippen LogP contribution in [0.2, 0.25) is 0 Å². The van der Waals surface area contributed by atoms with Crippen molar-refractivity contribution < 1.29 is 14.3 Å². The molecule has 2 aliphatic heterocycles. The number of hydrogen-bond acceptors (Lipinski definition) is 4. The first-order valence-electron chi connectivity index (χ1n) is 9.76. The minimum absolute atomic E-state index is 0. The van der Waals surface area contributed by atoms with E-state index in [0.29, 0.717) is 6.42 Å². The van der Waals surface area contributed by atoms with Crippen molar-refractivity contribution in [2.45, 2.75) is 78.1 Å². The molecule has 28 heavy (non-hydrogen) atoms. The molecule has 0 aliphatic carbocycles. The van der Waals surface area contributed by atoms with Gasteiger partial charge in [0.1, 0.15) is 11.6 Å². The van der Waals surface area contributed by atoms with Crippen LogP contribution < -0.4 is 10.2 Å². The van der Waals surface area contributed by atoms with Crippen molar-refractivity contribution in [2.75, 3.05) is 18.5 Å². The third-order valence-electron chi connectivity index (χ3n) is 5.33. The first kappa shape index (κ1) is 22.2. The fourth-order valence-electron chi connectivity index (χ4n) is 4.08. The van der Waals surface area contributed by atoms with Gasteiger partial charge in [-0.05, 0) is 71.2 Å². The van der Waals surface area contributed by atoms with Crippen molar-refractivity contribution in [3.63, 3.8) is 0 Å². The fourth-order valence-corrected chi connectivity index (χ4v) is 4.08. The number of amides is 2. The van der Waals surface area contributed by atoms with E-state index in [1.165, 1.54) is 0 Å². The number of nitrogens with zero attached hydrogens (tertiary/aromatic N) is 2. The molecule has 3 atom stereocenters. The van der Waals surface area contributed by atoms with E-state index in [0.717, 1.165) is 30.6 Å². The van der Waals surface area contributed by atoms with Crippen molar-refractivity contribution in [2.24, 2.45) is 0 Å². The van der Waals surface area contributed by atoms with Crippen LogP contribution in [0.1, 0.15) is 53.0 Å². The van der Waals surface area contributed by atoms with Crippen LogP contribution in [0, 0.1) is 6.92 Å². The van der Waals surface area contributed by atoms with Gasteiger partial charge in [-0.2, -0.15) is 0 Å². The number of likely N-dealkylation sites (N-methyl/N-ethyl adjacent to an activating group) is 1. The minimum Gasteiger partial charge on any atom is -0.444 e. The number of nitrogens with one attached hydrogen (secondary N) is 1. The molecular formula is C22H35N3O3. The van der Waals surface area contributed by atoms with Gasteiger partial charge >= 0.3 is 6.09 Å². The molecule has 2 amide bonds. The van der Waals surface area contributed by atoms with Gasteiger partial charge in [0.25, 0.3) is 0 Å². The monoisotopic (exact) mass is 389 g/mol. The lowest BCUT2D eigenvalue weighted by Crippen LogP contribution is -2.53.